The molecule has 0 saturated carbocycles. The van der Waals surface area contributed by atoms with Crippen LogP contribution in [0.15, 0.2) is 12.1 Å². The van der Waals surface area contributed by atoms with Gasteiger partial charge in [-0.25, -0.2) is 8.42 Å². The van der Waals surface area contributed by atoms with Crippen molar-refractivity contribution in [3.05, 3.63) is 23.3 Å². The van der Waals surface area contributed by atoms with Crippen molar-refractivity contribution in [1.29, 1.82) is 0 Å². The molecular formula is C17H26N2O5S. The highest BCUT2D eigenvalue weighted by molar-refractivity contribution is 7.89. The van der Waals surface area contributed by atoms with E-state index in [2.05, 4.69) is 0 Å². The van der Waals surface area contributed by atoms with E-state index < -0.39 is 10.0 Å². The second kappa shape index (κ2) is 8.05. The number of carbonyl (C=O) groups excluding carboxylic acids is 1. The van der Waals surface area contributed by atoms with Crippen LogP contribution in [0.3, 0.4) is 0 Å². The van der Waals surface area contributed by atoms with Crippen LogP contribution in [-0.4, -0.2) is 69.7 Å². The number of hydrogen-bond acceptors (Lipinski definition) is 5. The van der Waals surface area contributed by atoms with E-state index in [9.17, 15) is 13.2 Å². The van der Waals surface area contributed by atoms with Crippen molar-refractivity contribution >= 4 is 15.9 Å². The molecular weight excluding hydrogens is 344 g/mol. The average molecular weight is 370 g/mol. The van der Waals surface area contributed by atoms with Crippen molar-refractivity contribution in [3.63, 3.8) is 0 Å². The molecule has 0 atom stereocenters. The summed E-state index contributed by atoms with van der Waals surface area (Å²) in [6.07, 6.45) is 0.257. The van der Waals surface area contributed by atoms with Gasteiger partial charge in [-0.2, -0.15) is 4.31 Å². The molecule has 8 heteroatoms. The smallest absolute Gasteiger partial charge is 0.227 e. The second-order valence-electron chi connectivity index (χ2n) is 5.99. The van der Waals surface area contributed by atoms with Gasteiger partial charge >= 0.3 is 0 Å². The lowest BCUT2D eigenvalue weighted by atomic mass is 10.0. The van der Waals surface area contributed by atoms with Gasteiger partial charge in [0.05, 0.1) is 26.4 Å². The van der Waals surface area contributed by atoms with Crippen LogP contribution in [0.1, 0.15) is 18.1 Å². The predicted molar refractivity (Wildman–Crippen MR) is 95.6 cm³/mol. The zero-order valence-electron chi connectivity index (χ0n) is 15.2. The van der Waals surface area contributed by atoms with E-state index in [-0.39, 0.29) is 18.1 Å². The Morgan fingerprint density at radius 1 is 1.08 bits per heavy atom. The fourth-order valence-electron chi connectivity index (χ4n) is 2.89. The van der Waals surface area contributed by atoms with Gasteiger partial charge in [-0.05, 0) is 37.1 Å². The molecule has 1 aliphatic rings. The Hall–Kier alpha value is -1.80. The molecule has 0 aromatic heterocycles. The zero-order chi connectivity index (χ0) is 18.6. The lowest BCUT2D eigenvalue weighted by Gasteiger charge is -2.34. The first-order chi connectivity index (χ1) is 11.8. The normalized spacial score (nSPS) is 15.9. The molecule has 0 bridgehead atoms. The van der Waals surface area contributed by atoms with Crippen molar-refractivity contribution in [1.82, 2.24) is 9.21 Å². The van der Waals surface area contributed by atoms with Gasteiger partial charge in [0.25, 0.3) is 0 Å². The van der Waals surface area contributed by atoms with E-state index in [1.54, 1.807) is 26.0 Å². The van der Waals surface area contributed by atoms with Gasteiger partial charge in [0.2, 0.25) is 15.9 Å². The van der Waals surface area contributed by atoms with E-state index in [1.807, 2.05) is 19.1 Å². The lowest BCUT2D eigenvalue weighted by Crippen LogP contribution is -2.51. The summed E-state index contributed by atoms with van der Waals surface area (Å²) in [7, 11) is -0.0507. The molecule has 140 valence electrons. The van der Waals surface area contributed by atoms with Gasteiger partial charge in [-0.3, -0.25) is 4.79 Å². The van der Waals surface area contributed by atoms with Crippen molar-refractivity contribution in [3.8, 4) is 11.5 Å². The van der Waals surface area contributed by atoms with Gasteiger partial charge in [-0.15, -0.1) is 0 Å². The monoisotopic (exact) mass is 370 g/mol. The fourth-order valence-corrected chi connectivity index (χ4v) is 3.97. The Morgan fingerprint density at radius 2 is 1.64 bits per heavy atom. The largest absolute Gasteiger partial charge is 0.493 e. The number of benzene rings is 1. The minimum atomic E-state index is -3.19. The van der Waals surface area contributed by atoms with E-state index in [0.717, 1.165) is 11.1 Å². The fraction of sp³-hybridized carbons (Fsp3) is 0.588. The highest BCUT2D eigenvalue weighted by Gasteiger charge is 2.27. The molecule has 0 radical (unpaired) electrons. The van der Waals surface area contributed by atoms with Crippen LogP contribution in [0.25, 0.3) is 0 Å². The Bertz CT molecular complexity index is 725. The number of piperazine rings is 1. The topological polar surface area (TPSA) is 76.2 Å². The van der Waals surface area contributed by atoms with E-state index in [4.69, 9.17) is 9.47 Å². The maximum atomic E-state index is 12.6. The molecule has 1 aromatic rings. The Morgan fingerprint density at radius 3 is 2.16 bits per heavy atom. The van der Waals surface area contributed by atoms with Crippen LogP contribution in [0, 0.1) is 6.92 Å². The highest BCUT2D eigenvalue weighted by atomic mass is 32.2. The maximum absolute atomic E-state index is 12.6. The standard InChI is InChI=1S/C17H26N2O5S/c1-5-25(21,22)19-8-6-18(7-9-19)17(20)12-14-11-16(24-4)15(23-3)10-13(14)2/h10-11H,5-9,12H2,1-4H3. The van der Waals surface area contributed by atoms with Crippen LogP contribution >= 0.6 is 0 Å². The number of amides is 1. The molecule has 1 saturated heterocycles. The minimum absolute atomic E-state index is 0.0103. The van der Waals surface area contributed by atoms with Crippen LogP contribution in [0.4, 0.5) is 0 Å². The van der Waals surface area contributed by atoms with Gasteiger partial charge in [-0.1, -0.05) is 0 Å². The maximum Gasteiger partial charge on any atom is 0.227 e. The number of sulfonamides is 1. The van der Waals surface area contributed by atoms with E-state index >= 15 is 0 Å². The van der Waals surface area contributed by atoms with Crippen molar-refractivity contribution in [2.24, 2.45) is 0 Å². The third kappa shape index (κ3) is 4.43. The molecule has 1 amide bonds. The predicted octanol–water partition coefficient (Wildman–Crippen LogP) is 1.05. The number of nitrogens with zero attached hydrogens (tertiary/aromatic N) is 2. The number of ether oxygens (including phenoxy) is 2. The third-order valence-electron chi connectivity index (χ3n) is 4.53. The van der Waals surface area contributed by atoms with Crippen molar-refractivity contribution in [2.45, 2.75) is 20.3 Å². The molecule has 0 N–H and O–H groups in total. The molecule has 0 spiro atoms. The van der Waals surface area contributed by atoms with Gasteiger partial charge in [0, 0.05) is 26.2 Å². The summed E-state index contributed by atoms with van der Waals surface area (Å²) in [4.78, 5) is 14.3. The van der Waals surface area contributed by atoms with Crippen LogP contribution in [0.2, 0.25) is 0 Å². The summed E-state index contributed by atoms with van der Waals surface area (Å²) < 4.78 is 35.8. The summed E-state index contributed by atoms with van der Waals surface area (Å²) in [5.41, 5.74) is 1.84. The van der Waals surface area contributed by atoms with Crippen LogP contribution in [-0.2, 0) is 21.2 Å². The Balaban J connectivity index is 2.04. The first kappa shape index (κ1) is 19.5. The molecule has 1 heterocycles. The first-order valence-corrected chi connectivity index (χ1v) is 9.90. The SMILES string of the molecule is CCS(=O)(=O)N1CCN(C(=O)Cc2cc(OC)c(OC)cc2C)CC1. The molecule has 7 nitrogen and oxygen atoms in total. The second-order valence-corrected chi connectivity index (χ2v) is 8.25. The molecule has 1 aliphatic heterocycles. The average Bonchev–Trinajstić information content (AvgIpc) is 2.62. The van der Waals surface area contributed by atoms with Crippen molar-refractivity contribution in [2.75, 3.05) is 46.2 Å². The molecule has 25 heavy (non-hydrogen) atoms. The van der Waals surface area contributed by atoms with Crippen LogP contribution in [0.5, 0.6) is 11.5 Å². The third-order valence-corrected chi connectivity index (χ3v) is 6.41. The first-order valence-electron chi connectivity index (χ1n) is 8.29. The van der Waals surface area contributed by atoms with E-state index in [1.165, 1.54) is 4.31 Å². The summed E-state index contributed by atoms with van der Waals surface area (Å²) >= 11 is 0. The number of aryl methyl sites for hydroxylation is 1. The number of methoxy groups -OCH3 is 2. The summed E-state index contributed by atoms with van der Waals surface area (Å²) in [5.74, 6) is 1.31. The lowest BCUT2D eigenvalue weighted by molar-refractivity contribution is -0.131. The molecule has 1 aromatic carbocycles. The Kier molecular flexibility index (Phi) is 6.29. The van der Waals surface area contributed by atoms with Gasteiger partial charge in [0.15, 0.2) is 11.5 Å². The highest BCUT2D eigenvalue weighted by Crippen LogP contribution is 2.30. The minimum Gasteiger partial charge on any atom is -0.493 e. The number of carbonyl (C=O) groups is 1. The van der Waals surface area contributed by atoms with Gasteiger partial charge in [0.1, 0.15) is 0 Å². The number of hydrogen-bond donors (Lipinski definition) is 0. The molecule has 0 aliphatic carbocycles. The van der Waals surface area contributed by atoms with Crippen LogP contribution < -0.4 is 9.47 Å². The molecule has 2 rings (SSSR count). The summed E-state index contributed by atoms with van der Waals surface area (Å²) in [6.45, 7) is 5.11. The summed E-state index contributed by atoms with van der Waals surface area (Å²) in [5, 5.41) is 0. The molecule has 1 fully saturated rings. The quantitative estimate of drug-likeness (QED) is 0.748. The summed E-state index contributed by atoms with van der Waals surface area (Å²) in [6, 6.07) is 3.68. The number of rotatable bonds is 6. The van der Waals surface area contributed by atoms with Crippen molar-refractivity contribution < 1.29 is 22.7 Å². The molecule has 0 unspecified atom stereocenters. The Labute approximate surface area is 149 Å². The zero-order valence-corrected chi connectivity index (χ0v) is 16.1. The van der Waals surface area contributed by atoms with Gasteiger partial charge < -0.3 is 14.4 Å². The van der Waals surface area contributed by atoms with E-state index in [0.29, 0.717) is 37.7 Å².